The zero-order valence-electron chi connectivity index (χ0n) is 14.7. The highest BCUT2D eigenvalue weighted by Gasteiger charge is 2.21. The molecule has 0 bridgehead atoms. The smallest absolute Gasteiger partial charge is 0.131 e. The van der Waals surface area contributed by atoms with Crippen molar-refractivity contribution in [2.75, 3.05) is 19.7 Å². The van der Waals surface area contributed by atoms with Crippen LogP contribution < -0.4 is 4.74 Å². The van der Waals surface area contributed by atoms with Crippen LogP contribution in [0.3, 0.4) is 0 Å². The summed E-state index contributed by atoms with van der Waals surface area (Å²) in [5, 5.41) is 9.66. The maximum Gasteiger partial charge on any atom is 0.131 e. The highest BCUT2D eigenvalue weighted by molar-refractivity contribution is 5.64. The summed E-state index contributed by atoms with van der Waals surface area (Å²) in [5.41, 5.74) is 4.59. The molecule has 130 valence electrons. The van der Waals surface area contributed by atoms with Gasteiger partial charge in [-0.2, -0.15) is 0 Å². The molecule has 0 amide bonds. The van der Waals surface area contributed by atoms with Crippen molar-refractivity contribution >= 4 is 6.08 Å². The molecule has 0 saturated carbocycles. The Morgan fingerprint density at radius 3 is 3.04 bits per heavy atom. The molecular weight excluding hydrogens is 314 g/mol. The Labute approximate surface area is 148 Å². The number of nitrogens with zero attached hydrogens (tertiary/aromatic N) is 3. The Bertz CT molecular complexity index is 830. The minimum absolute atomic E-state index is 0.268. The van der Waals surface area contributed by atoms with Crippen molar-refractivity contribution in [3.05, 3.63) is 52.6 Å². The molecule has 25 heavy (non-hydrogen) atoms. The van der Waals surface area contributed by atoms with Gasteiger partial charge in [0.15, 0.2) is 0 Å². The van der Waals surface area contributed by atoms with Crippen molar-refractivity contribution < 1.29 is 9.84 Å². The number of phenols is 1. The van der Waals surface area contributed by atoms with E-state index < -0.39 is 0 Å². The van der Waals surface area contributed by atoms with Gasteiger partial charge in [-0.3, -0.25) is 4.90 Å². The number of aromatic nitrogens is 2. The van der Waals surface area contributed by atoms with Gasteiger partial charge in [0.1, 0.15) is 23.9 Å². The van der Waals surface area contributed by atoms with Gasteiger partial charge in [0.25, 0.3) is 0 Å². The predicted octanol–water partition coefficient (Wildman–Crippen LogP) is 3.14. The summed E-state index contributed by atoms with van der Waals surface area (Å²) in [4.78, 5) is 11.6. The Kier molecular flexibility index (Phi) is 4.17. The summed E-state index contributed by atoms with van der Waals surface area (Å²) >= 11 is 0. The van der Waals surface area contributed by atoms with Crippen LogP contribution in [0.5, 0.6) is 11.5 Å². The minimum atomic E-state index is 0.268. The second-order valence-corrected chi connectivity index (χ2v) is 7.13. The lowest BCUT2D eigenvalue weighted by Gasteiger charge is -2.30. The fourth-order valence-corrected chi connectivity index (χ4v) is 3.39. The molecule has 0 unspecified atom stereocenters. The molecule has 0 fully saturated rings. The quantitative estimate of drug-likeness (QED) is 0.932. The van der Waals surface area contributed by atoms with Crippen LogP contribution in [0.25, 0.3) is 6.08 Å². The van der Waals surface area contributed by atoms with Gasteiger partial charge in [-0.05, 0) is 29.8 Å². The number of hydrogen-bond donors (Lipinski definition) is 1. The van der Waals surface area contributed by atoms with Gasteiger partial charge in [0.05, 0.1) is 0 Å². The number of aromatic hydroxyl groups is 1. The first-order valence-corrected chi connectivity index (χ1v) is 8.81. The summed E-state index contributed by atoms with van der Waals surface area (Å²) in [6.07, 6.45) is 5.08. The van der Waals surface area contributed by atoms with Gasteiger partial charge in [-0.1, -0.05) is 13.8 Å². The third-order valence-corrected chi connectivity index (χ3v) is 4.74. The molecule has 1 N–H and O–H groups in total. The second-order valence-electron chi connectivity index (χ2n) is 7.13. The number of fused-ring (bicyclic) bond motifs is 2. The van der Waals surface area contributed by atoms with E-state index in [0.29, 0.717) is 12.5 Å². The van der Waals surface area contributed by atoms with Crippen LogP contribution in [0.2, 0.25) is 0 Å². The Morgan fingerprint density at radius 1 is 1.32 bits per heavy atom. The normalized spacial score (nSPS) is 16.8. The van der Waals surface area contributed by atoms with E-state index in [-0.39, 0.29) is 5.75 Å². The predicted molar refractivity (Wildman–Crippen MR) is 96.7 cm³/mol. The van der Waals surface area contributed by atoms with Gasteiger partial charge in [-0.15, -0.1) is 0 Å². The van der Waals surface area contributed by atoms with Crippen molar-refractivity contribution in [2.45, 2.75) is 32.7 Å². The van der Waals surface area contributed by atoms with E-state index in [1.54, 1.807) is 12.1 Å². The van der Waals surface area contributed by atoms with Crippen LogP contribution in [-0.4, -0.2) is 39.7 Å². The average molecular weight is 337 g/mol. The zero-order chi connectivity index (χ0) is 17.4. The van der Waals surface area contributed by atoms with Crippen molar-refractivity contribution in [1.29, 1.82) is 0 Å². The molecule has 3 heterocycles. The van der Waals surface area contributed by atoms with Crippen molar-refractivity contribution in [3.8, 4) is 11.5 Å². The summed E-state index contributed by atoms with van der Waals surface area (Å²) in [5.74, 6) is 2.40. The number of hydrogen-bond acceptors (Lipinski definition) is 5. The molecule has 2 aliphatic rings. The van der Waals surface area contributed by atoms with Gasteiger partial charge in [-0.25, -0.2) is 9.97 Å². The molecule has 0 aliphatic carbocycles. The van der Waals surface area contributed by atoms with Crippen LogP contribution in [0.4, 0.5) is 0 Å². The molecule has 5 heteroatoms. The van der Waals surface area contributed by atoms with Gasteiger partial charge in [0.2, 0.25) is 0 Å². The molecule has 4 rings (SSSR count). The fourth-order valence-electron chi connectivity index (χ4n) is 3.39. The van der Waals surface area contributed by atoms with Crippen LogP contribution in [0.15, 0.2) is 30.0 Å². The Balaban J connectivity index is 1.48. The largest absolute Gasteiger partial charge is 0.508 e. The number of phenolic OH excluding ortho intramolecular Hbond substituents is 1. The van der Waals surface area contributed by atoms with Crippen molar-refractivity contribution in [3.63, 3.8) is 0 Å². The lowest BCUT2D eigenvalue weighted by molar-refractivity contribution is 0.254. The van der Waals surface area contributed by atoms with Crippen molar-refractivity contribution in [1.82, 2.24) is 14.9 Å². The maximum absolute atomic E-state index is 9.66. The van der Waals surface area contributed by atoms with Crippen LogP contribution >= 0.6 is 0 Å². The highest BCUT2D eigenvalue weighted by atomic mass is 16.5. The Hall–Kier alpha value is -2.40. The minimum Gasteiger partial charge on any atom is -0.508 e. The summed E-state index contributed by atoms with van der Waals surface area (Å²) in [7, 11) is 0. The standard InChI is InChI=1S/C20H23N3O2/c1-13(2)20-21-9-16-11-23(6-5-18(16)22-20)10-14-7-15-8-17(24)3-4-19(15)25-12-14/h3-4,7-9,13,24H,5-6,10-12H2,1-2H3. The van der Waals surface area contributed by atoms with E-state index in [1.165, 1.54) is 16.8 Å². The fraction of sp³-hybridized carbons (Fsp3) is 0.400. The van der Waals surface area contributed by atoms with E-state index in [4.69, 9.17) is 9.72 Å². The molecule has 1 aromatic carbocycles. The first-order valence-electron chi connectivity index (χ1n) is 8.81. The molecule has 0 spiro atoms. The molecule has 0 radical (unpaired) electrons. The maximum atomic E-state index is 9.66. The van der Waals surface area contributed by atoms with Crippen LogP contribution in [-0.2, 0) is 13.0 Å². The lowest BCUT2D eigenvalue weighted by Crippen LogP contribution is -2.34. The number of rotatable bonds is 3. The summed E-state index contributed by atoms with van der Waals surface area (Å²) in [6, 6.07) is 5.23. The first kappa shape index (κ1) is 16.1. The first-order chi connectivity index (χ1) is 12.1. The number of benzene rings is 1. The van der Waals surface area contributed by atoms with E-state index >= 15 is 0 Å². The van der Waals surface area contributed by atoms with E-state index in [9.17, 15) is 5.11 Å². The van der Waals surface area contributed by atoms with Gasteiger partial charge >= 0.3 is 0 Å². The lowest BCUT2D eigenvalue weighted by atomic mass is 10.0. The highest BCUT2D eigenvalue weighted by Crippen LogP contribution is 2.30. The third kappa shape index (κ3) is 3.37. The zero-order valence-corrected chi connectivity index (χ0v) is 14.7. The van der Waals surface area contributed by atoms with E-state index in [2.05, 4.69) is 29.8 Å². The van der Waals surface area contributed by atoms with Gasteiger partial charge < -0.3 is 9.84 Å². The molecule has 2 aromatic rings. The average Bonchev–Trinajstić information content (AvgIpc) is 2.60. The molecule has 2 aliphatic heterocycles. The summed E-state index contributed by atoms with van der Waals surface area (Å²) < 4.78 is 5.81. The topological polar surface area (TPSA) is 58.5 Å². The second kappa shape index (κ2) is 6.48. The molecule has 0 atom stereocenters. The van der Waals surface area contributed by atoms with Gasteiger partial charge in [0, 0.05) is 55.0 Å². The molecule has 0 saturated heterocycles. The molecule has 5 nitrogen and oxygen atoms in total. The third-order valence-electron chi connectivity index (χ3n) is 4.74. The summed E-state index contributed by atoms with van der Waals surface area (Å²) in [6.45, 7) is 7.58. The van der Waals surface area contributed by atoms with Crippen LogP contribution in [0.1, 0.15) is 42.4 Å². The van der Waals surface area contributed by atoms with E-state index in [0.717, 1.165) is 43.2 Å². The number of ether oxygens (including phenoxy) is 1. The monoisotopic (exact) mass is 337 g/mol. The SMILES string of the molecule is CC(C)c1ncc2c(n1)CCN(CC1=Cc3cc(O)ccc3OC1)C2. The van der Waals surface area contributed by atoms with Crippen LogP contribution in [0, 0.1) is 0 Å². The molecule has 1 aromatic heterocycles. The Morgan fingerprint density at radius 2 is 2.20 bits per heavy atom. The van der Waals surface area contributed by atoms with E-state index in [1.807, 2.05) is 12.3 Å². The molecular formula is C20H23N3O2. The van der Waals surface area contributed by atoms with Crippen molar-refractivity contribution in [2.24, 2.45) is 0 Å².